The number of hydrogen-bond donors (Lipinski definition) is 1. The van der Waals surface area contributed by atoms with Crippen molar-refractivity contribution < 1.29 is 23.5 Å². The van der Waals surface area contributed by atoms with Crippen molar-refractivity contribution in [2.24, 2.45) is 0 Å². The van der Waals surface area contributed by atoms with Gasteiger partial charge in [0.05, 0.1) is 17.7 Å². The highest BCUT2D eigenvalue weighted by atomic mass is 35.5. The Morgan fingerprint density at radius 1 is 1.50 bits per heavy atom. The Bertz CT molecular complexity index is 566. The molecule has 0 unspecified atom stereocenters. The Morgan fingerprint density at radius 3 is 2.95 bits per heavy atom. The van der Waals surface area contributed by atoms with E-state index < -0.39 is 23.8 Å². The van der Waals surface area contributed by atoms with Crippen molar-refractivity contribution >= 4 is 23.5 Å². The number of rotatable bonds is 5. The molecule has 1 aromatic rings. The number of ether oxygens (including phenoxy) is 2. The molecule has 1 saturated heterocycles. The van der Waals surface area contributed by atoms with E-state index in [1.165, 1.54) is 12.1 Å². The average molecular weight is 330 g/mol. The first-order valence-corrected chi connectivity index (χ1v) is 7.40. The predicted molar refractivity (Wildman–Crippen MR) is 77.9 cm³/mol. The van der Waals surface area contributed by atoms with E-state index in [1.54, 1.807) is 13.0 Å². The van der Waals surface area contributed by atoms with Crippen LogP contribution < -0.4 is 5.32 Å². The molecule has 1 N–H and O–H groups in total. The number of carbonyl (C=O) groups is 2. The minimum absolute atomic E-state index is 0.0321. The molecule has 1 aliphatic heterocycles. The van der Waals surface area contributed by atoms with Crippen LogP contribution in [-0.4, -0.2) is 31.1 Å². The molecule has 1 amide bonds. The van der Waals surface area contributed by atoms with Gasteiger partial charge in [-0.15, -0.1) is 0 Å². The summed E-state index contributed by atoms with van der Waals surface area (Å²) in [7, 11) is 0. The van der Waals surface area contributed by atoms with Crippen LogP contribution in [0, 0.1) is 5.82 Å². The highest BCUT2D eigenvalue weighted by molar-refractivity contribution is 6.30. The number of benzene rings is 1. The molecule has 2 rings (SSSR count). The normalized spacial score (nSPS) is 20.7. The second kappa shape index (κ2) is 7.56. The first-order valence-electron chi connectivity index (χ1n) is 7.02. The lowest BCUT2D eigenvalue weighted by Gasteiger charge is -2.20. The standard InChI is InChI=1S/C15H17ClFNO4/c1-2-21-14(20)8-13(19)18-12-5-6-22-15(12)9-3-4-10(16)11(17)7-9/h3-4,7,12,15H,2,5-6,8H2,1H3,(H,18,19)/t12-,15+/m1/s1. The lowest BCUT2D eigenvalue weighted by atomic mass is 10.0. The second-order valence-corrected chi connectivity index (χ2v) is 5.32. The molecular formula is C15H17ClFNO4. The molecule has 0 saturated carbocycles. The summed E-state index contributed by atoms with van der Waals surface area (Å²) in [4.78, 5) is 23.1. The largest absolute Gasteiger partial charge is 0.466 e. The van der Waals surface area contributed by atoms with Crippen LogP contribution in [0.25, 0.3) is 0 Å². The van der Waals surface area contributed by atoms with Crippen molar-refractivity contribution in [2.75, 3.05) is 13.2 Å². The molecule has 0 spiro atoms. The molecule has 7 heteroatoms. The summed E-state index contributed by atoms with van der Waals surface area (Å²) >= 11 is 5.66. The van der Waals surface area contributed by atoms with Gasteiger partial charge in [-0.3, -0.25) is 9.59 Å². The third-order valence-electron chi connectivity index (χ3n) is 3.32. The fourth-order valence-electron chi connectivity index (χ4n) is 2.36. The number of hydrogen-bond acceptors (Lipinski definition) is 4. The molecule has 2 atom stereocenters. The monoisotopic (exact) mass is 329 g/mol. The van der Waals surface area contributed by atoms with Crippen LogP contribution in [0.15, 0.2) is 18.2 Å². The van der Waals surface area contributed by atoms with Crippen LogP contribution in [0.3, 0.4) is 0 Å². The molecule has 0 bridgehead atoms. The lowest BCUT2D eigenvalue weighted by Crippen LogP contribution is -2.38. The van der Waals surface area contributed by atoms with E-state index in [0.717, 1.165) is 0 Å². The van der Waals surface area contributed by atoms with Gasteiger partial charge in [-0.1, -0.05) is 17.7 Å². The number of esters is 1. The predicted octanol–water partition coefficient (Wildman–Crippen LogP) is 2.38. The van der Waals surface area contributed by atoms with E-state index in [9.17, 15) is 14.0 Å². The summed E-state index contributed by atoms with van der Waals surface area (Å²) in [5.41, 5.74) is 0.598. The van der Waals surface area contributed by atoms with Gasteiger partial charge in [0, 0.05) is 6.61 Å². The summed E-state index contributed by atoms with van der Waals surface area (Å²) in [5, 5.41) is 2.76. The Labute approximate surface area is 132 Å². The van der Waals surface area contributed by atoms with Crippen LogP contribution in [0.2, 0.25) is 5.02 Å². The first kappa shape index (κ1) is 16.7. The lowest BCUT2D eigenvalue weighted by molar-refractivity contribution is -0.146. The molecule has 1 fully saturated rings. The van der Waals surface area contributed by atoms with Gasteiger partial charge in [0.15, 0.2) is 0 Å². The minimum Gasteiger partial charge on any atom is -0.466 e. The zero-order valence-electron chi connectivity index (χ0n) is 12.1. The van der Waals surface area contributed by atoms with E-state index >= 15 is 0 Å². The van der Waals surface area contributed by atoms with Gasteiger partial charge in [-0.2, -0.15) is 0 Å². The maximum atomic E-state index is 13.5. The van der Waals surface area contributed by atoms with Crippen molar-refractivity contribution in [1.82, 2.24) is 5.32 Å². The third-order valence-corrected chi connectivity index (χ3v) is 3.63. The zero-order chi connectivity index (χ0) is 16.1. The van der Waals surface area contributed by atoms with E-state index in [1.807, 2.05) is 0 Å². The number of carbonyl (C=O) groups excluding carboxylic acids is 2. The smallest absolute Gasteiger partial charge is 0.315 e. The van der Waals surface area contributed by atoms with E-state index in [4.69, 9.17) is 21.1 Å². The summed E-state index contributed by atoms with van der Waals surface area (Å²) < 4.78 is 23.8. The Morgan fingerprint density at radius 2 is 2.27 bits per heavy atom. The van der Waals surface area contributed by atoms with Gasteiger partial charge in [0.2, 0.25) is 5.91 Å². The average Bonchev–Trinajstić information content (AvgIpc) is 2.90. The number of amides is 1. The van der Waals surface area contributed by atoms with Crippen molar-refractivity contribution in [2.45, 2.75) is 31.9 Å². The van der Waals surface area contributed by atoms with Gasteiger partial charge in [0.25, 0.3) is 0 Å². The fourth-order valence-corrected chi connectivity index (χ4v) is 2.47. The maximum absolute atomic E-state index is 13.5. The molecule has 0 radical (unpaired) electrons. The SMILES string of the molecule is CCOC(=O)CC(=O)N[C@@H]1CCO[C@H]1c1ccc(Cl)c(F)c1. The topological polar surface area (TPSA) is 64.6 Å². The number of nitrogens with one attached hydrogen (secondary N) is 1. The molecule has 5 nitrogen and oxygen atoms in total. The van der Waals surface area contributed by atoms with Gasteiger partial charge in [-0.05, 0) is 31.0 Å². The van der Waals surface area contributed by atoms with Crippen molar-refractivity contribution in [3.05, 3.63) is 34.6 Å². The highest BCUT2D eigenvalue weighted by Crippen LogP contribution is 2.31. The van der Waals surface area contributed by atoms with Crippen LogP contribution in [0.1, 0.15) is 31.4 Å². The first-order chi connectivity index (χ1) is 10.5. The highest BCUT2D eigenvalue weighted by Gasteiger charge is 2.31. The molecule has 0 aliphatic carbocycles. The molecule has 120 valence electrons. The third kappa shape index (κ3) is 4.18. The van der Waals surface area contributed by atoms with E-state index in [0.29, 0.717) is 18.6 Å². The number of halogens is 2. The van der Waals surface area contributed by atoms with Crippen molar-refractivity contribution in [3.8, 4) is 0 Å². The quantitative estimate of drug-likeness (QED) is 0.665. The second-order valence-electron chi connectivity index (χ2n) is 4.91. The fraction of sp³-hybridized carbons (Fsp3) is 0.467. The Kier molecular flexibility index (Phi) is 5.74. The summed E-state index contributed by atoms with van der Waals surface area (Å²) in [6.45, 7) is 2.34. The maximum Gasteiger partial charge on any atom is 0.315 e. The van der Waals surface area contributed by atoms with Crippen molar-refractivity contribution in [3.63, 3.8) is 0 Å². The van der Waals surface area contributed by atoms with Gasteiger partial charge < -0.3 is 14.8 Å². The van der Waals surface area contributed by atoms with Gasteiger partial charge >= 0.3 is 5.97 Å². The summed E-state index contributed by atoms with van der Waals surface area (Å²) in [6, 6.07) is 4.09. The van der Waals surface area contributed by atoms with Crippen LogP contribution in [0.5, 0.6) is 0 Å². The van der Waals surface area contributed by atoms with Crippen LogP contribution in [-0.2, 0) is 19.1 Å². The molecule has 1 aliphatic rings. The Balaban J connectivity index is 1.99. The van der Waals surface area contributed by atoms with Crippen molar-refractivity contribution in [1.29, 1.82) is 0 Å². The Hall–Kier alpha value is -1.66. The molecular weight excluding hydrogens is 313 g/mol. The van der Waals surface area contributed by atoms with E-state index in [2.05, 4.69) is 5.32 Å². The van der Waals surface area contributed by atoms with Gasteiger partial charge in [0.1, 0.15) is 18.3 Å². The zero-order valence-corrected chi connectivity index (χ0v) is 12.9. The molecule has 22 heavy (non-hydrogen) atoms. The van der Waals surface area contributed by atoms with Crippen LogP contribution >= 0.6 is 11.6 Å². The molecule has 1 heterocycles. The van der Waals surface area contributed by atoms with Crippen LogP contribution in [0.4, 0.5) is 4.39 Å². The summed E-state index contributed by atoms with van der Waals surface area (Å²) in [6.07, 6.45) is -0.215. The van der Waals surface area contributed by atoms with E-state index in [-0.39, 0.29) is 24.1 Å². The molecule has 0 aromatic heterocycles. The summed E-state index contributed by atoms with van der Waals surface area (Å²) in [5.74, 6) is -1.55. The minimum atomic E-state index is -0.576. The molecule has 1 aromatic carbocycles. The van der Waals surface area contributed by atoms with Gasteiger partial charge in [-0.25, -0.2) is 4.39 Å².